The van der Waals surface area contributed by atoms with Gasteiger partial charge in [0.05, 0.1) is 35.8 Å². The van der Waals surface area contributed by atoms with Gasteiger partial charge in [0.25, 0.3) is 0 Å². The van der Waals surface area contributed by atoms with Crippen molar-refractivity contribution < 1.29 is 32.7 Å². The van der Waals surface area contributed by atoms with Crippen LogP contribution in [0.2, 0.25) is 30.7 Å². The summed E-state index contributed by atoms with van der Waals surface area (Å²) in [6, 6.07) is 11.3. The second-order valence-electron chi connectivity index (χ2n) is 13.0. The molecule has 3 aromatic heterocycles. The van der Waals surface area contributed by atoms with Gasteiger partial charge in [-0.15, -0.1) is 0 Å². The fraction of sp³-hybridized carbons (Fsp3) is 0.452. The van der Waals surface area contributed by atoms with Crippen LogP contribution in [0.1, 0.15) is 0 Å². The van der Waals surface area contributed by atoms with Crippen LogP contribution in [0, 0.1) is 5.82 Å². The van der Waals surface area contributed by atoms with Crippen LogP contribution in [0.3, 0.4) is 0 Å². The quantitative estimate of drug-likeness (QED) is 0.169. The predicted molar refractivity (Wildman–Crippen MR) is 177 cm³/mol. The molecule has 4 atom stereocenters. The van der Waals surface area contributed by atoms with Crippen molar-refractivity contribution in [3.63, 3.8) is 0 Å². The van der Waals surface area contributed by atoms with Crippen molar-refractivity contribution in [1.29, 1.82) is 0 Å². The van der Waals surface area contributed by atoms with Crippen LogP contribution < -0.4 is 4.74 Å². The third kappa shape index (κ3) is 7.28. The van der Waals surface area contributed by atoms with E-state index in [1.54, 1.807) is 34.9 Å². The van der Waals surface area contributed by atoms with E-state index in [-0.39, 0.29) is 37.3 Å². The molecule has 4 aromatic rings. The van der Waals surface area contributed by atoms with E-state index >= 15 is 0 Å². The van der Waals surface area contributed by atoms with Crippen LogP contribution in [0.15, 0.2) is 47.0 Å². The van der Waals surface area contributed by atoms with Crippen molar-refractivity contribution in [3.8, 4) is 28.5 Å². The van der Waals surface area contributed by atoms with Gasteiger partial charge in [0.1, 0.15) is 36.3 Å². The van der Waals surface area contributed by atoms with Gasteiger partial charge in [-0.3, -0.25) is 9.55 Å². The van der Waals surface area contributed by atoms with E-state index in [4.69, 9.17) is 40.5 Å². The van der Waals surface area contributed by atoms with E-state index in [2.05, 4.69) is 29.0 Å². The van der Waals surface area contributed by atoms with Gasteiger partial charge in [-0.25, -0.2) is 13.6 Å². The first-order valence-corrected chi connectivity index (χ1v) is 21.3. The molecule has 0 radical (unpaired) electrons. The normalized spacial score (nSPS) is 21.6. The highest BCUT2D eigenvalue weighted by Gasteiger charge is 2.49. The molecule has 1 aromatic carbocycles. The number of aliphatic hydroxyl groups is 1. The lowest BCUT2D eigenvalue weighted by atomic mass is 10.1. The first kappa shape index (κ1) is 32.9. The summed E-state index contributed by atoms with van der Waals surface area (Å²) in [5, 5.41) is 10.5. The van der Waals surface area contributed by atoms with Gasteiger partial charge in [-0.05, 0) is 12.1 Å². The third-order valence-electron chi connectivity index (χ3n) is 7.68. The summed E-state index contributed by atoms with van der Waals surface area (Å²) in [6.07, 6.45) is 2.34. The molecule has 11 nitrogen and oxygen atoms in total. The molecule has 46 heavy (non-hydrogen) atoms. The molecule has 2 saturated heterocycles. The van der Waals surface area contributed by atoms with Crippen LogP contribution in [0.5, 0.6) is 6.01 Å². The largest absolute Gasteiger partial charge is 0.456 e. The molecule has 0 unspecified atom stereocenters. The molecule has 0 aliphatic carbocycles. The number of benzene rings is 1. The summed E-state index contributed by atoms with van der Waals surface area (Å²) < 4.78 is 56.6. The minimum absolute atomic E-state index is 0.144. The minimum Gasteiger partial charge on any atom is -0.456 e. The Balaban J connectivity index is 1.30. The highest BCUT2D eigenvalue weighted by molar-refractivity contribution is 7.92. The number of hydrogen-bond donors (Lipinski definition) is 1. The van der Waals surface area contributed by atoms with E-state index in [1.807, 2.05) is 0 Å². The molecule has 15 heteroatoms. The summed E-state index contributed by atoms with van der Waals surface area (Å²) in [5.41, 5.74) is 3.16. The lowest BCUT2D eigenvalue weighted by Crippen LogP contribution is -2.35. The number of hydrogen-bond acceptors (Lipinski definition) is 10. The number of halogens is 2. The van der Waals surface area contributed by atoms with Gasteiger partial charge in [0, 0.05) is 54.1 Å². The molecule has 246 valence electrons. The Hall–Kier alpha value is -2.98. The second kappa shape index (κ2) is 12.9. The Morgan fingerprint density at radius 3 is 2.46 bits per heavy atom. The fourth-order valence-corrected chi connectivity index (χ4v) is 6.98. The molecule has 2 fully saturated rings. The lowest BCUT2D eigenvalue weighted by Gasteiger charge is -2.19. The van der Waals surface area contributed by atoms with Crippen LogP contribution in [-0.2, 0) is 30.7 Å². The molecule has 6 rings (SSSR count). The number of aromatic nitrogens is 4. The van der Waals surface area contributed by atoms with Gasteiger partial charge < -0.3 is 24.1 Å². The van der Waals surface area contributed by atoms with Crippen LogP contribution in [0.25, 0.3) is 33.7 Å². The molecule has 0 bridgehead atoms. The molecule has 5 heterocycles. The van der Waals surface area contributed by atoms with Crippen LogP contribution in [0.4, 0.5) is 10.1 Å². The monoisotopic (exact) mass is 689 g/mol. The zero-order valence-electron chi connectivity index (χ0n) is 26.3. The van der Waals surface area contributed by atoms with Crippen LogP contribution in [-0.4, -0.2) is 93.7 Å². The molecule has 2 aliphatic heterocycles. The van der Waals surface area contributed by atoms with Gasteiger partial charge in [-0.2, -0.15) is 9.35 Å². The van der Waals surface area contributed by atoms with Crippen LogP contribution >= 0.6 is 11.6 Å². The topological polar surface area (TPSA) is 130 Å². The maximum absolute atomic E-state index is 14.9. The number of imidazole rings is 1. The molecule has 1 N–H and O–H groups in total. The van der Waals surface area contributed by atoms with E-state index in [0.717, 1.165) is 6.04 Å². The number of nitrogens with zero attached hydrogens (tertiary/aromatic N) is 5. The highest BCUT2D eigenvalue weighted by Crippen LogP contribution is 2.35. The highest BCUT2D eigenvalue weighted by atomic mass is 35.5. The number of fused-ring (bicyclic) bond motifs is 2. The first-order valence-electron chi connectivity index (χ1n) is 14.9. The Kier molecular flexibility index (Phi) is 9.24. The molecule has 0 amide bonds. The smallest absolute Gasteiger partial charge is 0.301 e. The zero-order chi connectivity index (χ0) is 32.8. The third-order valence-corrected chi connectivity index (χ3v) is 10.3. The summed E-state index contributed by atoms with van der Waals surface area (Å²) in [4.78, 5) is 13.8. The Morgan fingerprint density at radius 1 is 1.09 bits per heavy atom. The number of pyridine rings is 2. The summed E-state index contributed by atoms with van der Waals surface area (Å²) in [5.74, 6) is -0.572. The van der Waals surface area contributed by atoms with E-state index in [0.29, 0.717) is 39.6 Å². The maximum atomic E-state index is 14.9. The number of aliphatic hydroxyl groups excluding tert-OH is 1. The van der Waals surface area contributed by atoms with Crippen molar-refractivity contribution >= 4 is 46.3 Å². The van der Waals surface area contributed by atoms with E-state index < -0.39 is 48.0 Å². The number of ether oxygens (including phenoxy) is 4. The molecular weight excluding hydrogens is 653 g/mol. The lowest BCUT2D eigenvalue weighted by molar-refractivity contribution is 0.00336. The maximum Gasteiger partial charge on any atom is 0.301 e. The van der Waals surface area contributed by atoms with E-state index in [1.165, 1.54) is 24.8 Å². The van der Waals surface area contributed by atoms with Gasteiger partial charge >= 0.3 is 6.01 Å². The number of rotatable bonds is 10. The van der Waals surface area contributed by atoms with Crippen molar-refractivity contribution in [2.24, 2.45) is 4.36 Å². The van der Waals surface area contributed by atoms with Crippen molar-refractivity contribution in [2.75, 3.05) is 32.3 Å². The minimum atomic E-state index is -2.45. The molecule has 2 aliphatic rings. The van der Waals surface area contributed by atoms with Gasteiger partial charge in [-0.1, -0.05) is 55.5 Å². The second-order valence-corrected chi connectivity index (χ2v) is 21.6. The summed E-state index contributed by atoms with van der Waals surface area (Å²) >= 11 is 6.73. The molecular formula is C31H37ClFN5O6SSi. The molecule has 0 spiro atoms. The Labute approximate surface area is 273 Å². The van der Waals surface area contributed by atoms with Crippen molar-refractivity contribution in [3.05, 3.63) is 53.4 Å². The SMILES string of the molecule is C[Si](C)(C)CCOCn1c(O[C@@H]2CO[C@H]3[C@@H]2OC[C@H]3O)nc2cc(Cl)c(-c3ccc(-c4ncc(N=S(C)(C)=O)cc4F)cc3)nc21. The van der Waals surface area contributed by atoms with Gasteiger partial charge in [0.2, 0.25) is 0 Å². The van der Waals surface area contributed by atoms with Crippen molar-refractivity contribution in [2.45, 2.75) is 56.8 Å². The Bertz CT molecular complexity index is 1870. The van der Waals surface area contributed by atoms with Crippen molar-refractivity contribution in [1.82, 2.24) is 19.5 Å². The average molecular weight is 690 g/mol. The summed E-state index contributed by atoms with van der Waals surface area (Å²) in [6.45, 7) is 8.05. The first-order chi connectivity index (χ1) is 21.8. The predicted octanol–water partition coefficient (Wildman–Crippen LogP) is 5.53. The Morgan fingerprint density at radius 2 is 1.78 bits per heavy atom. The standard InChI is InChI=1S/C31H37ClFN5O6SSi/c1-45(2,40)37-20-12-22(33)27(34-14-20)19-8-6-18(7-9-19)26-21(32)13-23-30(36-26)38(17-41-10-11-46(3,4)5)31(35-23)44-25-16-43-28-24(39)15-42-29(25)28/h6-9,12-14,24-25,28-29,39H,10-11,15-17H2,1-5H3/t24-,25-,28-,29-/m1/s1. The summed E-state index contributed by atoms with van der Waals surface area (Å²) in [7, 11) is -3.76. The molecule has 0 saturated carbocycles. The fourth-order valence-electron chi connectivity index (χ4n) is 5.36. The van der Waals surface area contributed by atoms with Gasteiger partial charge in [0.15, 0.2) is 17.6 Å². The average Bonchev–Trinajstić information content (AvgIpc) is 3.64. The zero-order valence-corrected chi connectivity index (χ0v) is 28.8. The van der Waals surface area contributed by atoms with E-state index in [9.17, 15) is 13.7 Å².